The standard InChI is InChI=1S/C25H20ClFN2O2S/c1-16-6-11-22-20(14-16)25(24(31)28(22)15-18-4-2-3-5-21(18)26)29(12-13-32-25)23(30)17-7-9-19(27)10-8-17/h2-11,14H,12-13,15H2,1H3/t25-/m1/s1. The fourth-order valence-electron chi connectivity index (χ4n) is 4.43. The van der Waals surface area contributed by atoms with E-state index in [0.29, 0.717) is 29.4 Å². The Hall–Kier alpha value is -2.83. The van der Waals surface area contributed by atoms with Crippen molar-refractivity contribution >= 4 is 40.9 Å². The fourth-order valence-corrected chi connectivity index (χ4v) is 6.08. The third kappa shape index (κ3) is 3.21. The highest BCUT2D eigenvalue weighted by atomic mass is 35.5. The van der Waals surface area contributed by atoms with Crippen molar-refractivity contribution in [2.75, 3.05) is 17.2 Å². The van der Waals surface area contributed by atoms with Crippen LogP contribution in [-0.4, -0.2) is 29.0 Å². The topological polar surface area (TPSA) is 40.6 Å². The molecule has 1 fully saturated rings. The summed E-state index contributed by atoms with van der Waals surface area (Å²) in [5.41, 5.74) is 3.81. The first-order valence-electron chi connectivity index (χ1n) is 10.3. The summed E-state index contributed by atoms with van der Waals surface area (Å²) in [7, 11) is 0. The number of thioether (sulfide) groups is 1. The number of hydrogen-bond acceptors (Lipinski definition) is 3. The normalized spacial score (nSPS) is 19.7. The molecule has 2 amide bonds. The molecular weight excluding hydrogens is 447 g/mol. The number of hydrogen-bond donors (Lipinski definition) is 0. The molecule has 1 spiro atoms. The molecule has 2 heterocycles. The molecule has 0 aliphatic carbocycles. The molecule has 162 valence electrons. The van der Waals surface area contributed by atoms with E-state index in [-0.39, 0.29) is 11.8 Å². The first kappa shape index (κ1) is 21.0. The zero-order chi connectivity index (χ0) is 22.5. The van der Waals surface area contributed by atoms with Crippen LogP contribution in [0.1, 0.15) is 27.0 Å². The van der Waals surface area contributed by atoms with Crippen LogP contribution in [0, 0.1) is 12.7 Å². The highest BCUT2D eigenvalue weighted by Crippen LogP contribution is 2.55. The lowest BCUT2D eigenvalue weighted by Gasteiger charge is -2.33. The molecule has 0 N–H and O–H groups in total. The molecule has 4 nitrogen and oxygen atoms in total. The minimum Gasteiger partial charge on any atom is -0.311 e. The van der Waals surface area contributed by atoms with Gasteiger partial charge in [0.2, 0.25) is 0 Å². The van der Waals surface area contributed by atoms with E-state index in [0.717, 1.165) is 22.4 Å². The molecule has 1 atom stereocenters. The lowest BCUT2D eigenvalue weighted by molar-refractivity contribution is -0.123. The Morgan fingerprint density at radius 2 is 1.88 bits per heavy atom. The molecule has 0 radical (unpaired) electrons. The average molecular weight is 467 g/mol. The van der Waals surface area contributed by atoms with Crippen molar-refractivity contribution < 1.29 is 14.0 Å². The predicted molar refractivity (Wildman–Crippen MR) is 125 cm³/mol. The van der Waals surface area contributed by atoms with Gasteiger partial charge < -0.3 is 9.80 Å². The van der Waals surface area contributed by atoms with E-state index in [9.17, 15) is 14.0 Å². The molecule has 0 unspecified atom stereocenters. The molecule has 7 heteroatoms. The Bertz CT molecular complexity index is 1230. The molecule has 0 bridgehead atoms. The number of carbonyl (C=O) groups excluding carboxylic acids is 2. The van der Waals surface area contributed by atoms with Crippen molar-refractivity contribution in [3.05, 3.63) is 99.8 Å². The van der Waals surface area contributed by atoms with Crippen LogP contribution >= 0.6 is 23.4 Å². The van der Waals surface area contributed by atoms with Crippen LogP contribution in [-0.2, 0) is 16.2 Å². The summed E-state index contributed by atoms with van der Waals surface area (Å²) in [4.78, 5) is 29.7. The Balaban J connectivity index is 1.60. The molecule has 0 saturated carbocycles. The van der Waals surface area contributed by atoms with Gasteiger partial charge >= 0.3 is 0 Å². The molecule has 1 saturated heterocycles. The zero-order valence-corrected chi connectivity index (χ0v) is 18.9. The first-order chi connectivity index (χ1) is 15.4. The number of fused-ring (bicyclic) bond motifs is 2. The van der Waals surface area contributed by atoms with Crippen LogP contribution in [0.4, 0.5) is 10.1 Å². The smallest absolute Gasteiger partial charge is 0.268 e. The maximum atomic E-state index is 14.0. The highest BCUT2D eigenvalue weighted by Gasteiger charge is 2.59. The second kappa shape index (κ2) is 7.94. The van der Waals surface area contributed by atoms with Crippen LogP contribution in [0.25, 0.3) is 0 Å². The number of aryl methyl sites for hydroxylation is 1. The van der Waals surface area contributed by atoms with Crippen molar-refractivity contribution in [3.8, 4) is 0 Å². The summed E-state index contributed by atoms with van der Waals surface area (Å²) in [5, 5.41) is 0.591. The molecule has 5 rings (SSSR count). The Morgan fingerprint density at radius 1 is 1.12 bits per heavy atom. The van der Waals surface area contributed by atoms with Gasteiger partial charge in [0.15, 0.2) is 4.87 Å². The van der Waals surface area contributed by atoms with Crippen molar-refractivity contribution in [3.63, 3.8) is 0 Å². The first-order valence-corrected chi connectivity index (χ1v) is 11.7. The van der Waals surface area contributed by atoms with E-state index in [4.69, 9.17) is 11.6 Å². The highest BCUT2D eigenvalue weighted by molar-refractivity contribution is 8.01. The van der Waals surface area contributed by atoms with Gasteiger partial charge in [-0.3, -0.25) is 9.59 Å². The number of amides is 2. The van der Waals surface area contributed by atoms with Gasteiger partial charge in [-0.2, -0.15) is 0 Å². The largest absolute Gasteiger partial charge is 0.311 e. The maximum absolute atomic E-state index is 14.0. The summed E-state index contributed by atoms with van der Waals surface area (Å²) >= 11 is 7.86. The molecule has 0 aromatic heterocycles. The van der Waals surface area contributed by atoms with Gasteiger partial charge in [0, 0.05) is 28.4 Å². The number of carbonyl (C=O) groups is 2. The Labute approximate surface area is 195 Å². The molecule has 32 heavy (non-hydrogen) atoms. The SMILES string of the molecule is Cc1ccc2c(c1)[C@@]1(SCCN1C(=O)c1ccc(F)cc1)C(=O)N2Cc1ccccc1Cl. The van der Waals surface area contributed by atoms with E-state index in [1.165, 1.54) is 36.0 Å². The summed E-state index contributed by atoms with van der Waals surface area (Å²) < 4.78 is 13.4. The van der Waals surface area contributed by atoms with Crippen LogP contribution in [0.2, 0.25) is 5.02 Å². The summed E-state index contributed by atoms with van der Waals surface area (Å²) in [6.45, 7) is 2.72. The second-order valence-corrected chi connectivity index (χ2v) is 9.65. The fraction of sp³-hybridized carbons (Fsp3) is 0.200. The number of anilines is 1. The third-order valence-electron chi connectivity index (χ3n) is 5.97. The zero-order valence-electron chi connectivity index (χ0n) is 17.3. The number of nitrogens with zero attached hydrogens (tertiary/aromatic N) is 2. The van der Waals surface area contributed by atoms with E-state index in [1.54, 1.807) is 15.9 Å². The van der Waals surface area contributed by atoms with Crippen molar-refractivity contribution in [2.45, 2.75) is 18.3 Å². The van der Waals surface area contributed by atoms with E-state index >= 15 is 0 Å². The molecule has 3 aromatic carbocycles. The monoisotopic (exact) mass is 466 g/mol. The van der Waals surface area contributed by atoms with Gasteiger partial charge in [0.05, 0.1) is 12.2 Å². The van der Waals surface area contributed by atoms with E-state index < -0.39 is 10.7 Å². The number of halogens is 2. The average Bonchev–Trinajstić information content (AvgIpc) is 3.32. The van der Waals surface area contributed by atoms with Gasteiger partial charge in [-0.05, 0) is 48.9 Å². The lowest BCUT2D eigenvalue weighted by atomic mass is 10.0. The van der Waals surface area contributed by atoms with Crippen LogP contribution in [0.15, 0.2) is 66.7 Å². The number of rotatable bonds is 3. The van der Waals surface area contributed by atoms with Crippen molar-refractivity contribution in [2.24, 2.45) is 0 Å². The second-order valence-electron chi connectivity index (χ2n) is 7.96. The van der Waals surface area contributed by atoms with Gasteiger partial charge in [-0.25, -0.2) is 4.39 Å². The maximum Gasteiger partial charge on any atom is 0.268 e. The van der Waals surface area contributed by atoms with Crippen molar-refractivity contribution in [1.82, 2.24) is 4.90 Å². The van der Waals surface area contributed by atoms with Gasteiger partial charge in [-0.1, -0.05) is 47.5 Å². The third-order valence-corrected chi connectivity index (χ3v) is 7.76. The van der Waals surface area contributed by atoms with Gasteiger partial charge in [-0.15, -0.1) is 11.8 Å². The summed E-state index contributed by atoms with van der Waals surface area (Å²) in [5.74, 6) is -0.214. The van der Waals surface area contributed by atoms with Crippen LogP contribution < -0.4 is 4.90 Å². The van der Waals surface area contributed by atoms with Crippen molar-refractivity contribution in [1.29, 1.82) is 0 Å². The molecular formula is C25H20ClFN2O2S. The molecule has 2 aliphatic rings. The molecule has 3 aromatic rings. The number of benzene rings is 3. The van der Waals surface area contributed by atoms with Crippen LogP contribution in [0.3, 0.4) is 0 Å². The minimum atomic E-state index is -1.14. The predicted octanol–water partition coefficient (Wildman–Crippen LogP) is 5.38. The molecule has 2 aliphatic heterocycles. The summed E-state index contributed by atoms with van der Waals surface area (Å²) in [6.07, 6.45) is 0. The Kier molecular flexibility index (Phi) is 5.22. The summed E-state index contributed by atoms with van der Waals surface area (Å²) in [6, 6.07) is 18.8. The van der Waals surface area contributed by atoms with Crippen LogP contribution in [0.5, 0.6) is 0 Å². The van der Waals surface area contributed by atoms with E-state index in [2.05, 4.69) is 0 Å². The van der Waals surface area contributed by atoms with Gasteiger partial charge in [0.1, 0.15) is 5.82 Å². The van der Waals surface area contributed by atoms with E-state index in [1.807, 2.05) is 43.3 Å². The Morgan fingerprint density at radius 3 is 2.62 bits per heavy atom. The quantitative estimate of drug-likeness (QED) is 0.520. The minimum absolute atomic E-state index is 0.156. The van der Waals surface area contributed by atoms with Gasteiger partial charge in [0.25, 0.3) is 11.8 Å². The lowest BCUT2D eigenvalue weighted by Crippen LogP contribution is -2.50.